The summed E-state index contributed by atoms with van der Waals surface area (Å²) in [6.45, 7) is 11.6. The Bertz CT molecular complexity index is 468. The van der Waals surface area contributed by atoms with E-state index in [9.17, 15) is 9.59 Å². The molecule has 0 aliphatic carbocycles. The van der Waals surface area contributed by atoms with Crippen molar-refractivity contribution in [2.45, 2.75) is 65.6 Å². The highest BCUT2D eigenvalue weighted by Gasteiger charge is 2.48. The Morgan fingerprint density at radius 2 is 2.04 bits per heavy atom. The van der Waals surface area contributed by atoms with E-state index < -0.39 is 23.3 Å². The Labute approximate surface area is 137 Å². The lowest BCUT2D eigenvalue weighted by molar-refractivity contribution is -0.171. The van der Waals surface area contributed by atoms with E-state index in [1.807, 2.05) is 13.8 Å². The van der Waals surface area contributed by atoms with Crippen LogP contribution in [-0.4, -0.2) is 42.1 Å². The Kier molecular flexibility index (Phi) is 6.41. The van der Waals surface area contributed by atoms with Crippen molar-refractivity contribution in [1.29, 1.82) is 0 Å². The van der Waals surface area contributed by atoms with Gasteiger partial charge in [0.05, 0.1) is 18.9 Å². The van der Waals surface area contributed by atoms with Crippen molar-refractivity contribution < 1.29 is 23.9 Å². The number of ether oxygens (including phenoxy) is 2. The maximum absolute atomic E-state index is 12.2. The largest absolute Gasteiger partial charge is 0.463 e. The molecule has 0 saturated heterocycles. The summed E-state index contributed by atoms with van der Waals surface area (Å²) in [6, 6.07) is 0. The maximum Gasteiger partial charge on any atom is 0.407 e. The van der Waals surface area contributed by atoms with Gasteiger partial charge in [0, 0.05) is 12.8 Å². The normalized spacial score (nSPS) is 20.7. The standard InChI is InChI=1S/C16H28N2O5/c1-7-21-13(19)16(8-11(2)3)9-12(18-23-16)10-17-14(20)22-15(4,5)6/h11H,7-10H2,1-6H3,(H,17,20). The molecule has 1 aliphatic rings. The quantitative estimate of drug-likeness (QED) is 0.758. The smallest absolute Gasteiger partial charge is 0.407 e. The molecule has 1 rings (SSSR count). The Morgan fingerprint density at radius 3 is 2.57 bits per heavy atom. The summed E-state index contributed by atoms with van der Waals surface area (Å²) in [5.41, 5.74) is -1.07. The van der Waals surface area contributed by atoms with Crippen molar-refractivity contribution in [2.24, 2.45) is 11.1 Å². The molecule has 7 nitrogen and oxygen atoms in total. The summed E-state index contributed by atoms with van der Waals surface area (Å²) in [5, 5.41) is 6.58. The monoisotopic (exact) mass is 328 g/mol. The number of amides is 1. The van der Waals surface area contributed by atoms with E-state index in [0.717, 1.165) is 0 Å². The predicted octanol–water partition coefficient (Wildman–Crippen LogP) is 2.64. The fraction of sp³-hybridized carbons (Fsp3) is 0.812. The fourth-order valence-corrected chi connectivity index (χ4v) is 2.35. The lowest BCUT2D eigenvalue weighted by Gasteiger charge is -2.25. The van der Waals surface area contributed by atoms with E-state index in [0.29, 0.717) is 18.6 Å². The molecule has 1 heterocycles. The molecule has 0 aromatic carbocycles. The van der Waals surface area contributed by atoms with Crippen LogP contribution < -0.4 is 5.32 Å². The molecule has 23 heavy (non-hydrogen) atoms. The van der Waals surface area contributed by atoms with Crippen LogP contribution in [0.1, 0.15) is 54.4 Å². The SMILES string of the molecule is CCOC(=O)C1(CC(C)C)CC(CNC(=O)OC(C)(C)C)=NO1. The van der Waals surface area contributed by atoms with Gasteiger partial charge in [-0.15, -0.1) is 0 Å². The molecule has 1 amide bonds. The third-order valence-corrected chi connectivity index (χ3v) is 3.06. The summed E-state index contributed by atoms with van der Waals surface area (Å²) < 4.78 is 10.3. The van der Waals surface area contributed by atoms with Gasteiger partial charge < -0.3 is 19.6 Å². The van der Waals surface area contributed by atoms with Gasteiger partial charge in [-0.25, -0.2) is 9.59 Å². The van der Waals surface area contributed by atoms with Crippen LogP contribution in [0.15, 0.2) is 5.16 Å². The number of alkyl carbamates (subject to hydrolysis) is 1. The lowest BCUT2D eigenvalue weighted by Crippen LogP contribution is -2.43. The van der Waals surface area contributed by atoms with Gasteiger partial charge >= 0.3 is 12.1 Å². The lowest BCUT2D eigenvalue weighted by atomic mass is 9.88. The van der Waals surface area contributed by atoms with Crippen molar-refractivity contribution in [3.8, 4) is 0 Å². The first kappa shape index (κ1) is 19.3. The third kappa shape index (κ3) is 6.08. The zero-order valence-corrected chi connectivity index (χ0v) is 14.9. The molecular formula is C16H28N2O5. The Balaban J connectivity index is 2.61. The molecule has 0 spiro atoms. The molecule has 0 saturated carbocycles. The highest BCUT2D eigenvalue weighted by Crippen LogP contribution is 2.32. The van der Waals surface area contributed by atoms with E-state index in [1.54, 1.807) is 27.7 Å². The molecule has 1 N–H and O–H groups in total. The van der Waals surface area contributed by atoms with E-state index in [4.69, 9.17) is 14.3 Å². The van der Waals surface area contributed by atoms with E-state index in [2.05, 4.69) is 10.5 Å². The molecule has 0 fully saturated rings. The van der Waals surface area contributed by atoms with Crippen LogP contribution in [0.3, 0.4) is 0 Å². The first-order valence-corrected chi connectivity index (χ1v) is 7.96. The fourth-order valence-electron chi connectivity index (χ4n) is 2.35. The molecule has 0 radical (unpaired) electrons. The number of hydrogen-bond acceptors (Lipinski definition) is 6. The molecular weight excluding hydrogens is 300 g/mol. The van der Waals surface area contributed by atoms with Crippen LogP contribution in [0, 0.1) is 5.92 Å². The van der Waals surface area contributed by atoms with E-state index >= 15 is 0 Å². The van der Waals surface area contributed by atoms with Crippen molar-refractivity contribution in [2.75, 3.05) is 13.2 Å². The summed E-state index contributed by atoms with van der Waals surface area (Å²) in [4.78, 5) is 29.3. The van der Waals surface area contributed by atoms with Gasteiger partial charge in [0.1, 0.15) is 5.60 Å². The van der Waals surface area contributed by atoms with Crippen LogP contribution in [-0.2, 0) is 19.1 Å². The highest BCUT2D eigenvalue weighted by atomic mass is 16.7. The molecule has 132 valence electrons. The molecule has 7 heteroatoms. The van der Waals surface area contributed by atoms with Crippen LogP contribution in [0.5, 0.6) is 0 Å². The highest BCUT2D eigenvalue weighted by molar-refractivity contribution is 5.96. The Hall–Kier alpha value is -1.79. The predicted molar refractivity (Wildman–Crippen MR) is 86.2 cm³/mol. The first-order chi connectivity index (χ1) is 10.6. The number of carbonyl (C=O) groups excluding carboxylic acids is 2. The van der Waals surface area contributed by atoms with Gasteiger partial charge in [0.15, 0.2) is 0 Å². The molecule has 1 atom stereocenters. The topological polar surface area (TPSA) is 86.2 Å². The van der Waals surface area contributed by atoms with E-state index in [1.165, 1.54) is 0 Å². The molecule has 0 aromatic rings. The second kappa shape index (κ2) is 7.66. The summed E-state index contributed by atoms with van der Waals surface area (Å²) >= 11 is 0. The Morgan fingerprint density at radius 1 is 1.39 bits per heavy atom. The van der Waals surface area contributed by atoms with Crippen LogP contribution in [0.4, 0.5) is 4.79 Å². The van der Waals surface area contributed by atoms with Gasteiger partial charge in [-0.1, -0.05) is 19.0 Å². The number of hydrogen-bond donors (Lipinski definition) is 1. The molecule has 1 unspecified atom stereocenters. The van der Waals surface area contributed by atoms with Crippen molar-refractivity contribution >= 4 is 17.8 Å². The van der Waals surface area contributed by atoms with Crippen LogP contribution >= 0.6 is 0 Å². The number of nitrogens with zero attached hydrogens (tertiary/aromatic N) is 1. The minimum absolute atomic E-state index is 0.175. The molecule has 1 aliphatic heterocycles. The van der Waals surface area contributed by atoms with Crippen molar-refractivity contribution in [3.63, 3.8) is 0 Å². The molecule has 0 aromatic heterocycles. The number of rotatable bonds is 6. The minimum Gasteiger partial charge on any atom is -0.463 e. The van der Waals surface area contributed by atoms with Crippen LogP contribution in [0.25, 0.3) is 0 Å². The second-order valence-electron chi connectivity index (χ2n) is 7.09. The van der Waals surface area contributed by atoms with Gasteiger partial charge in [0.25, 0.3) is 0 Å². The zero-order valence-electron chi connectivity index (χ0n) is 14.9. The summed E-state index contributed by atoms with van der Waals surface area (Å²) in [5.74, 6) is -0.169. The molecule has 0 bridgehead atoms. The van der Waals surface area contributed by atoms with E-state index in [-0.39, 0.29) is 19.1 Å². The second-order valence-corrected chi connectivity index (χ2v) is 7.09. The van der Waals surface area contributed by atoms with Crippen molar-refractivity contribution in [1.82, 2.24) is 5.32 Å². The van der Waals surface area contributed by atoms with Gasteiger partial charge in [-0.05, 0) is 33.6 Å². The van der Waals surface area contributed by atoms with Crippen LogP contribution in [0.2, 0.25) is 0 Å². The minimum atomic E-state index is -1.09. The van der Waals surface area contributed by atoms with Gasteiger partial charge in [-0.3, -0.25) is 0 Å². The number of oxime groups is 1. The number of nitrogens with one attached hydrogen (secondary N) is 1. The summed E-state index contributed by atoms with van der Waals surface area (Å²) in [6.07, 6.45) is 0.281. The zero-order chi connectivity index (χ0) is 17.7. The average molecular weight is 328 g/mol. The third-order valence-electron chi connectivity index (χ3n) is 3.06. The average Bonchev–Trinajstić information content (AvgIpc) is 2.78. The number of carbonyl (C=O) groups is 2. The number of esters is 1. The van der Waals surface area contributed by atoms with Gasteiger partial charge in [0.2, 0.25) is 5.60 Å². The first-order valence-electron chi connectivity index (χ1n) is 7.96. The summed E-state index contributed by atoms with van der Waals surface area (Å²) in [7, 11) is 0. The maximum atomic E-state index is 12.2. The van der Waals surface area contributed by atoms with Crippen molar-refractivity contribution in [3.05, 3.63) is 0 Å². The van der Waals surface area contributed by atoms with Gasteiger partial charge in [-0.2, -0.15) is 0 Å².